The summed E-state index contributed by atoms with van der Waals surface area (Å²) in [5.74, 6) is -5.15. The average Bonchev–Trinajstić information content (AvgIpc) is 2.76. The molecule has 3 rings (SSSR count). The normalized spacial score (nSPS) is 9.93. The monoisotopic (exact) mass is 482 g/mol. The fourth-order valence-corrected chi connectivity index (χ4v) is 2.55. The number of ether oxygens (including phenoxy) is 2. The predicted octanol–water partition coefficient (Wildman–Crippen LogP) is 4.58. The van der Waals surface area contributed by atoms with Crippen LogP contribution in [0.5, 0.6) is 0 Å². The van der Waals surface area contributed by atoms with Crippen molar-refractivity contribution in [3.63, 3.8) is 0 Å². The van der Waals surface area contributed by atoms with Crippen LogP contribution < -0.4 is 0 Å². The molecule has 0 saturated heterocycles. The van der Waals surface area contributed by atoms with E-state index in [2.05, 4.69) is 35.4 Å². The van der Waals surface area contributed by atoms with E-state index in [1.54, 1.807) is 12.1 Å². The quantitative estimate of drug-likeness (QED) is 0.308. The molecule has 10 heteroatoms. The van der Waals surface area contributed by atoms with Gasteiger partial charge in [0.15, 0.2) is 17.5 Å². The minimum absolute atomic E-state index is 0.0298. The molecular formula is C20H14BrF3N2O4. The van der Waals surface area contributed by atoms with Crippen molar-refractivity contribution in [2.45, 2.75) is 0 Å². The van der Waals surface area contributed by atoms with Gasteiger partial charge in [-0.15, -0.1) is 0 Å². The number of hydrogen-bond donors (Lipinski definition) is 0. The minimum Gasteiger partial charge on any atom is -0.465 e. The van der Waals surface area contributed by atoms with E-state index in [1.807, 2.05) is 0 Å². The van der Waals surface area contributed by atoms with Crippen LogP contribution in [0.25, 0.3) is 11.3 Å². The Morgan fingerprint density at radius 1 is 0.833 bits per heavy atom. The molecule has 0 amide bonds. The van der Waals surface area contributed by atoms with Gasteiger partial charge in [-0.2, -0.15) is 0 Å². The third-order valence-corrected chi connectivity index (χ3v) is 4.04. The largest absolute Gasteiger partial charge is 0.465 e. The van der Waals surface area contributed by atoms with Crippen LogP contribution in [0.1, 0.15) is 20.7 Å². The lowest BCUT2D eigenvalue weighted by Crippen LogP contribution is -2.02. The highest BCUT2D eigenvalue weighted by molar-refractivity contribution is 9.10. The highest BCUT2D eigenvalue weighted by Gasteiger charge is 2.14. The lowest BCUT2D eigenvalue weighted by Gasteiger charge is -2.05. The number of esters is 2. The maximum atomic E-state index is 13.1. The summed E-state index contributed by atoms with van der Waals surface area (Å²) in [6.07, 6.45) is 2.83. The molecule has 0 fully saturated rings. The Morgan fingerprint density at radius 3 is 1.83 bits per heavy atom. The molecule has 0 bridgehead atoms. The van der Waals surface area contributed by atoms with Gasteiger partial charge in [-0.25, -0.2) is 27.7 Å². The van der Waals surface area contributed by atoms with Gasteiger partial charge >= 0.3 is 11.9 Å². The fraction of sp³-hybridized carbons (Fsp3) is 0.100. The molecule has 2 heterocycles. The third-order valence-electron chi connectivity index (χ3n) is 3.61. The van der Waals surface area contributed by atoms with Crippen LogP contribution in [-0.4, -0.2) is 36.1 Å². The van der Waals surface area contributed by atoms with Crippen molar-refractivity contribution in [1.29, 1.82) is 0 Å². The number of nitrogens with zero attached hydrogens (tertiary/aromatic N) is 2. The predicted molar refractivity (Wildman–Crippen MR) is 104 cm³/mol. The number of pyridine rings is 2. The second-order valence-electron chi connectivity index (χ2n) is 5.53. The summed E-state index contributed by atoms with van der Waals surface area (Å²) in [4.78, 5) is 30.0. The van der Waals surface area contributed by atoms with Gasteiger partial charge in [-0.1, -0.05) is 0 Å². The van der Waals surface area contributed by atoms with Gasteiger partial charge < -0.3 is 9.47 Å². The van der Waals surface area contributed by atoms with Gasteiger partial charge in [0.2, 0.25) is 0 Å². The second kappa shape index (κ2) is 10.5. The summed E-state index contributed by atoms with van der Waals surface area (Å²) in [6.45, 7) is 0. The van der Waals surface area contributed by atoms with Crippen LogP contribution in [0.15, 0.2) is 53.4 Å². The molecule has 1 aromatic carbocycles. The highest BCUT2D eigenvalue weighted by Crippen LogP contribution is 2.23. The average molecular weight is 483 g/mol. The van der Waals surface area contributed by atoms with E-state index in [-0.39, 0.29) is 22.8 Å². The van der Waals surface area contributed by atoms with Crippen LogP contribution >= 0.6 is 15.9 Å². The van der Waals surface area contributed by atoms with Gasteiger partial charge in [0.05, 0.1) is 31.0 Å². The Kier molecular flexibility index (Phi) is 8.05. The Morgan fingerprint density at radius 2 is 1.33 bits per heavy atom. The third kappa shape index (κ3) is 5.86. The fourth-order valence-electron chi connectivity index (χ4n) is 2.18. The number of rotatable bonds is 3. The first-order valence-corrected chi connectivity index (χ1v) is 8.95. The summed E-state index contributed by atoms with van der Waals surface area (Å²) >= 11 is 3.14. The van der Waals surface area contributed by atoms with E-state index in [0.29, 0.717) is 10.2 Å². The van der Waals surface area contributed by atoms with Gasteiger partial charge in [0.25, 0.3) is 0 Å². The van der Waals surface area contributed by atoms with Crippen LogP contribution in [-0.2, 0) is 9.47 Å². The standard InChI is InChI=1S/C13H8F3NO2.C7H6BrNO2/c1-19-13(18)7-2-3-17-11(6-7)8-4-9(14)12(16)10(15)5-8;1-11-7(10)5-2-3-9-6(8)4-5/h2-6H,1H3;2-4H,1H3. The van der Waals surface area contributed by atoms with Crippen molar-refractivity contribution in [1.82, 2.24) is 9.97 Å². The summed E-state index contributed by atoms with van der Waals surface area (Å²) in [5.41, 5.74) is 0.842. The van der Waals surface area contributed by atoms with E-state index in [1.165, 1.54) is 38.7 Å². The first-order chi connectivity index (χ1) is 14.3. The summed E-state index contributed by atoms with van der Waals surface area (Å²) in [6, 6.07) is 7.51. The number of aromatic nitrogens is 2. The molecule has 0 radical (unpaired) electrons. The molecule has 0 N–H and O–H groups in total. The van der Waals surface area contributed by atoms with Crippen molar-refractivity contribution < 1.29 is 32.2 Å². The molecule has 0 aliphatic heterocycles. The van der Waals surface area contributed by atoms with Crippen LogP contribution in [0.4, 0.5) is 13.2 Å². The smallest absolute Gasteiger partial charge is 0.337 e. The molecule has 156 valence electrons. The van der Waals surface area contributed by atoms with Crippen molar-refractivity contribution in [2.24, 2.45) is 0 Å². The Labute approximate surface area is 177 Å². The van der Waals surface area contributed by atoms with Crippen molar-refractivity contribution in [3.8, 4) is 11.3 Å². The zero-order valence-corrected chi connectivity index (χ0v) is 17.2. The van der Waals surface area contributed by atoms with Gasteiger partial charge in [-0.05, 0) is 52.3 Å². The topological polar surface area (TPSA) is 78.4 Å². The van der Waals surface area contributed by atoms with Crippen molar-refractivity contribution >= 4 is 27.9 Å². The molecule has 0 spiro atoms. The molecular weight excluding hydrogens is 469 g/mol. The molecule has 0 unspecified atom stereocenters. The minimum atomic E-state index is -1.55. The van der Waals surface area contributed by atoms with E-state index in [9.17, 15) is 22.8 Å². The van der Waals surface area contributed by atoms with Crippen molar-refractivity contribution in [2.75, 3.05) is 14.2 Å². The van der Waals surface area contributed by atoms with Gasteiger partial charge in [-0.3, -0.25) is 4.98 Å². The molecule has 30 heavy (non-hydrogen) atoms. The molecule has 0 saturated carbocycles. The number of hydrogen-bond acceptors (Lipinski definition) is 6. The maximum Gasteiger partial charge on any atom is 0.337 e. The summed E-state index contributed by atoms with van der Waals surface area (Å²) < 4.78 is 48.7. The van der Waals surface area contributed by atoms with E-state index >= 15 is 0 Å². The molecule has 0 atom stereocenters. The number of carbonyl (C=O) groups is 2. The van der Waals surface area contributed by atoms with Gasteiger partial charge in [0, 0.05) is 18.0 Å². The van der Waals surface area contributed by atoms with E-state index in [4.69, 9.17) is 0 Å². The number of carbonyl (C=O) groups excluding carboxylic acids is 2. The van der Waals surface area contributed by atoms with E-state index < -0.39 is 23.4 Å². The maximum absolute atomic E-state index is 13.1. The second-order valence-corrected chi connectivity index (χ2v) is 6.35. The van der Waals surface area contributed by atoms with Crippen LogP contribution in [0.2, 0.25) is 0 Å². The number of benzene rings is 1. The molecule has 0 aliphatic rings. The molecule has 6 nitrogen and oxygen atoms in total. The zero-order valence-electron chi connectivity index (χ0n) is 15.7. The van der Waals surface area contributed by atoms with Crippen LogP contribution in [0, 0.1) is 17.5 Å². The summed E-state index contributed by atoms with van der Waals surface area (Å²) in [7, 11) is 2.55. The first-order valence-electron chi connectivity index (χ1n) is 8.16. The highest BCUT2D eigenvalue weighted by atomic mass is 79.9. The molecule has 2 aromatic heterocycles. The zero-order chi connectivity index (χ0) is 22.3. The van der Waals surface area contributed by atoms with Crippen molar-refractivity contribution in [3.05, 3.63) is 82.0 Å². The lowest BCUT2D eigenvalue weighted by atomic mass is 10.1. The Balaban J connectivity index is 0.000000248. The number of methoxy groups -OCH3 is 2. The Hall–Kier alpha value is -3.27. The van der Waals surface area contributed by atoms with E-state index in [0.717, 1.165) is 12.1 Å². The number of halogens is 4. The lowest BCUT2D eigenvalue weighted by molar-refractivity contribution is 0.0591. The molecule has 3 aromatic rings. The molecule has 0 aliphatic carbocycles. The van der Waals surface area contributed by atoms with Crippen LogP contribution in [0.3, 0.4) is 0 Å². The summed E-state index contributed by atoms with van der Waals surface area (Å²) in [5, 5.41) is 0. The SMILES string of the molecule is COC(=O)c1ccnc(-c2cc(F)c(F)c(F)c2)c1.COC(=O)c1ccnc(Br)c1. The Bertz CT molecular complexity index is 1060. The first kappa shape index (κ1) is 23.0. The van der Waals surface area contributed by atoms with Gasteiger partial charge in [0.1, 0.15) is 4.60 Å².